The minimum absolute atomic E-state index is 0.0962. The number of hydrogen-bond acceptors (Lipinski definition) is 3. The van der Waals surface area contributed by atoms with Gasteiger partial charge in [0.2, 0.25) is 0 Å². The van der Waals surface area contributed by atoms with Crippen molar-refractivity contribution in [2.75, 3.05) is 39.1 Å². The smallest absolute Gasteiger partial charge is 0.279 e. The van der Waals surface area contributed by atoms with Gasteiger partial charge >= 0.3 is 0 Å². The Morgan fingerprint density at radius 1 is 1.24 bits per heavy atom. The van der Waals surface area contributed by atoms with Crippen molar-refractivity contribution in [3.05, 3.63) is 24.3 Å². The number of benzene rings is 1. The second-order valence-electron chi connectivity index (χ2n) is 6.73. The topological polar surface area (TPSA) is 63.1 Å². The van der Waals surface area contributed by atoms with Crippen LogP contribution in [0.5, 0.6) is 5.75 Å². The molecule has 1 fully saturated rings. The maximum absolute atomic E-state index is 12.5. The number of methoxy groups -OCH3 is 1. The third kappa shape index (κ3) is 5.74. The molecule has 25 heavy (non-hydrogen) atoms. The average molecular weight is 348 g/mol. The Morgan fingerprint density at radius 3 is 2.60 bits per heavy atom. The number of ether oxygens (including phenoxy) is 1. The van der Waals surface area contributed by atoms with E-state index in [0.29, 0.717) is 12.6 Å². The highest BCUT2D eigenvalue weighted by Crippen LogP contribution is 2.19. The number of rotatable bonds is 7. The lowest BCUT2D eigenvalue weighted by Crippen LogP contribution is -3.11. The SMILES string of the molecule is CC[C@H]1CCCCN1C(=O)C[NH+](C)CC(=O)Nc1ccc(OC)cc1. The first-order valence-electron chi connectivity index (χ1n) is 9.08. The number of amides is 2. The summed E-state index contributed by atoms with van der Waals surface area (Å²) in [6.07, 6.45) is 4.39. The maximum Gasteiger partial charge on any atom is 0.279 e. The fourth-order valence-electron chi connectivity index (χ4n) is 3.33. The zero-order valence-corrected chi connectivity index (χ0v) is 15.5. The predicted octanol–water partition coefficient (Wildman–Crippen LogP) is 0.940. The molecule has 138 valence electrons. The summed E-state index contributed by atoms with van der Waals surface area (Å²) in [5.41, 5.74) is 0.729. The molecule has 6 heteroatoms. The van der Waals surface area contributed by atoms with Crippen LogP contribution in [0.2, 0.25) is 0 Å². The van der Waals surface area contributed by atoms with Gasteiger partial charge in [-0.1, -0.05) is 6.92 Å². The van der Waals surface area contributed by atoms with E-state index in [1.54, 1.807) is 31.4 Å². The van der Waals surface area contributed by atoms with Crippen molar-refractivity contribution in [2.24, 2.45) is 0 Å². The molecule has 2 amide bonds. The summed E-state index contributed by atoms with van der Waals surface area (Å²) in [5.74, 6) is 0.806. The first kappa shape index (κ1) is 19.2. The number of likely N-dealkylation sites (tertiary alicyclic amines) is 1. The quantitative estimate of drug-likeness (QED) is 0.771. The van der Waals surface area contributed by atoms with Crippen LogP contribution in [0.1, 0.15) is 32.6 Å². The van der Waals surface area contributed by atoms with Gasteiger partial charge in [-0.25, -0.2) is 0 Å². The van der Waals surface area contributed by atoms with Gasteiger partial charge in [-0.3, -0.25) is 9.59 Å². The Bertz CT molecular complexity index is 574. The molecule has 0 bridgehead atoms. The minimum Gasteiger partial charge on any atom is -0.497 e. The lowest BCUT2D eigenvalue weighted by molar-refractivity contribution is -0.862. The van der Waals surface area contributed by atoms with E-state index < -0.39 is 0 Å². The van der Waals surface area contributed by atoms with Crippen molar-refractivity contribution in [1.29, 1.82) is 0 Å². The third-order valence-electron chi connectivity index (χ3n) is 4.71. The van der Waals surface area contributed by atoms with Crippen LogP contribution < -0.4 is 15.0 Å². The van der Waals surface area contributed by atoms with Gasteiger partial charge in [0.1, 0.15) is 5.75 Å². The lowest BCUT2D eigenvalue weighted by atomic mass is 10.00. The van der Waals surface area contributed by atoms with Crippen molar-refractivity contribution in [2.45, 2.75) is 38.6 Å². The number of anilines is 1. The number of carbonyl (C=O) groups excluding carboxylic acids is 2. The van der Waals surface area contributed by atoms with E-state index in [4.69, 9.17) is 4.74 Å². The van der Waals surface area contributed by atoms with E-state index >= 15 is 0 Å². The van der Waals surface area contributed by atoms with Crippen LogP contribution in [0.4, 0.5) is 5.69 Å². The number of carbonyl (C=O) groups is 2. The number of quaternary nitrogens is 1. The molecule has 1 aliphatic heterocycles. The van der Waals surface area contributed by atoms with Crippen LogP contribution in [0, 0.1) is 0 Å². The summed E-state index contributed by atoms with van der Waals surface area (Å²) >= 11 is 0. The first-order valence-corrected chi connectivity index (χ1v) is 9.08. The van der Waals surface area contributed by atoms with Crippen molar-refractivity contribution >= 4 is 17.5 Å². The van der Waals surface area contributed by atoms with E-state index in [2.05, 4.69) is 12.2 Å². The Hall–Kier alpha value is -2.08. The number of hydrogen-bond donors (Lipinski definition) is 2. The second-order valence-corrected chi connectivity index (χ2v) is 6.73. The average Bonchev–Trinajstić information content (AvgIpc) is 2.62. The van der Waals surface area contributed by atoms with E-state index in [-0.39, 0.29) is 18.4 Å². The van der Waals surface area contributed by atoms with E-state index in [0.717, 1.165) is 42.1 Å². The van der Waals surface area contributed by atoms with Crippen LogP contribution in [-0.2, 0) is 9.59 Å². The monoisotopic (exact) mass is 348 g/mol. The number of piperidine rings is 1. The molecular formula is C19H30N3O3+. The molecule has 1 aromatic carbocycles. The predicted molar refractivity (Wildman–Crippen MR) is 97.9 cm³/mol. The van der Waals surface area contributed by atoms with E-state index in [9.17, 15) is 9.59 Å². The van der Waals surface area contributed by atoms with Crippen molar-refractivity contribution in [3.8, 4) is 5.75 Å². The Labute approximate surface area is 150 Å². The van der Waals surface area contributed by atoms with Crippen LogP contribution in [0.3, 0.4) is 0 Å². The van der Waals surface area contributed by atoms with Crippen molar-refractivity contribution in [3.63, 3.8) is 0 Å². The maximum atomic E-state index is 12.5. The molecule has 6 nitrogen and oxygen atoms in total. The fourth-order valence-corrected chi connectivity index (χ4v) is 3.33. The number of nitrogens with zero attached hydrogens (tertiary/aromatic N) is 1. The first-order chi connectivity index (χ1) is 12.0. The molecule has 0 saturated carbocycles. The Kier molecular flexibility index (Phi) is 7.25. The third-order valence-corrected chi connectivity index (χ3v) is 4.71. The highest BCUT2D eigenvalue weighted by molar-refractivity contribution is 5.91. The summed E-state index contributed by atoms with van der Waals surface area (Å²) in [4.78, 5) is 27.6. The van der Waals surface area contributed by atoms with Gasteiger partial charge in [-0.2, -0.15) is 0 Å². The van der Waals surface area contributed by atoms with E-state index in [1.165, 1.54) is 6.42 Å². The molecule has 1 aromatic rings. The van der Waals surface area contributed by atoms with Gasteiger partial charge < -0.3 is 19.9 Å². The molecule has 0 radical (unpaired) electrons. The largest absolute Gasteiger partial charge is 0.497 e. The molecule has 1 unspecified atom stereocenters. The molecule has 1 saturated heterocycles. The van der Waals surface area contributed by atoms with Crippen LogP contribution in [0.15, 0.2) is 24.3 Å². The zero-order chi connectivity index (χ0) is 18.2. The molecule has 0 aromatic heterocycles. The second kappa shape index (κ2) is 9.42. The van der Waals surface area contributed by atoms with Gasteiger partial charge in [0.05, 0.1) is 14.2 Å². The van der Waals surface area contributed by atoms with Crippen LogP contribution >= 0.6 is 0 Å². The summed E-state index contributed by atoms with van der Waals surface area (Å²) in [5, 5.41) is 2.86. The summed E-state index contributed by atoms with van der Waals surface area (Å²) in [6.45, 7) is 3.60. The molecule has 1 aliphatic rings. The van der Waals surface area contributed by atoms with Gasteiger partial charge in [0.25, 0.3) is 11.8 Å². The molecule has 0 spiro atoms. The highest BCUT2D eigenvalue weighted by Gasteiger charge is 2.27. The molecule has 1 heterocycles. The van der Waals surface area contributed by atoms with Crippen molar-refractivity contribution < 1.29 is 19.2 Å². The molecule has 0 aliphatic carbocycles. The highest BCUT2D eigenvalue weighted by atomic mass is 16.5. The summed E-state index contributed by atoms with van der Waals surface area (Å²) < 4.78 is 5.10. The molecular weight excluding hydrogens is 318 g/mol. The molecule has 2 N–H and O–H groups in total. The van der Waals surface area contributed by atoms with Crippen LogP contribution in [0.25, 0.3) is 0 Å². The van der Waals surface area contributed by atoms with Gasteiger partial charge in [-0.05, 0) is 49.9 Å². The Balaban J connectivity index is 1.80. The van der Waals surface area contributed by atoms with Gasteiger partial charge in [0, 0.05) is 18.3 Å². The van der Waals surface area contributed by atoms with Gasteiger partial charge in [-0.15, -0.1) is 0 Å². The number of nitrogens with one attached hydrogen (secondary N) is 2. The normalized spacial score (nSPS) is 18.5. The molecule has 2 atom stereocenters. The Morgan fingerprint density at radius 2 is 1.96 bits per heavy atom. The zero-order valence-electron chi connectivity index (χ0n) is 15.5. The lowest BCUT2D eigenvalue weighted by Gasteiger charge is -2.35. The van der Waals surface area contributed by atoms with Crippen LogP contribution in [-0.4, -0.2) is 56.5 Å². The number of likely N-dealkylation sites (N-methyl/N-ethyl adjacent to an activating group) is 1. The standard InChI is InChI=1S/C19H29N3O3/c1-4-16-7-5-6-12-22(16)19(24)14-21(2)13-18(23)20-15-8-10-17(25-3)11-9-15/h8-11,16H,4-7,12-14H2,1-3H3,(H,20,23)/p+1/t16-/m0/s1. The minimum atomic E-state index is -0.0962. The van der Waals surface area contributed by atoms with Gasteiger partial charge in [0.15, 0.2) is 13.1 Å². The summed E-state index contributed by atoms with van der Waals surface area (Å²) in [6, 6.07) is 7.57. The fraction of sp³-hybridized carbons (Fsp3) is 0.579. The van der Waals surface area contributed by atoms with E-state index in [1.807, 2.05) is 11.9 Å². The molecule has 2 rings (SSSR count). The summed E-state index contributed by atoms with van der Waals surface area (Å²) in [7, 11) is 3.49. The van der Waals surface area contributed by atoms with Crippen molar-refractivity contribution in [1.82, 2.24) is 4.90 Å².